The summed E-state index contributed by atoms with van der Waals surface area (Å²) in [6.07, 6.45) is 3.15. The normalized spacial score (nSPS) is 21.2. The molecule has 22 heavy (non-hydrogen) atoms. The Bertz CT molecular complexity index is 469. The van der Waals surface area contributed by atoms with Gasteiger partial charge < -0.3 is 14.0 Å². The van der Waals surface area contributed by atoms with Crippen LogP contribution in [-0.4, -0.2) is 24.9 Å². The Morgan fingerprint density at radius 2 is 1.50 bits per heavy atom. The van der Waals surface area contributed by atoms with E-state index in [0.717, 1.165) is 30.4 Å². The maximum absolute atomic E-state index is 6.51. The number of hydrogen-bond acceptors (Lipinski definition) is 3. The summed E-state index contributed by atoms with van der Waals surface area (Å²) in [6.45, 7) is 9.23. The number of rotatable bonds is 5. The molecule has 0 aliphatic carbocycles. The predicted molar refractivity (Wildman–Crippen MR) is 88.4 cm³/mol. The van der Waals surface area contributed by atoms with Gasteiger partial charge in [-0.2, -0.15) is 5.46 Å². The molecule has 1 aromatic carbocycles. The molecule has 1 saturated heterocycles. The van der Waals surface area contributed by atoms with Gasteiger partial charge in [0.1, 0.15) is 5.75 Å². The van der Waals surface area contributed by atoms with Gasteiger partial charge in [0.15, 0.2) is 0 Å². The fourth-order valence-electron chi connectivity index (χ4n) is 3.05. The van der Waals surface area contributed by atoms with E-state index in [-0.39, 0.29) is 30.1 Å². The first kappa shape index (κ1) is 19.6. The molecule has 0 amide bonds. The first-order valence-electron chi connectivity index (χ1n) is 7.97. The van der Waals surface area contributed by atoms with Crippen molar-refractivity contribution in [2.45, 2.75) is 65.0 Å². The van der Waals surface area contributed by atoms with E-state index in [1.807, 2.05) is 12.1 Å². The second-order valence-electron chi connectivity index (χ2n) is 7.04. The van der Waals surface area contributed by atoms with E-state index in [0.29, 0.717) is 0 Å². The minimum absolute atomic E-state index is 0. The van der Waals surface area contributed by atoms with Gasteiger partial charge in [0.25, 0.3) is 6.55 Å². The van der Waals surface area contributed by atoms with Crippen LogP contribution in [0, 0.1) is 0 Å². The molecule has 2 rings (SSSR count). The number of unbranched alkanes of at least 4 members (excludes halogenated alkanes) is 1. The third kappa shape index (κ3) is 3.57. The average molecular weight is 298 g/mol. The minimum Gasteiger partial charge on any atom is -0.558 e. The molecule has 1 aliphatic heterocycles. The molecule has 0 spiro atoms. The van der Waals surface area contributed by atoms with Crippen LogP contribution in [0.1, 0.15) is 47.5 Å². The van der Waals surface area contributed by atoms with Crippen molar-refractivity contribution in [3.63, 3.8) is 0 Å². The van der Waals surface area contributed by atoms with Crippen molar-refractivity contribution in [1.29, 1.82) is 0 Å². The molecule has 5 heteroatoms. The van der Waals surface area contributed by atoms with Crippen molar-refractivity contribution in [2.24, 2.45) is 0 Å². The Hall–Kier alpha value is -0.398. The van der Waals surface area contributed by atoms with Crippen LogP contribution in [0.5, 0.6) is 5.75 Å². The van der Waals surface area contributed by atoms with Gasteiger partial charge in [-0.1, -0.05) is 31.9 Å². The summed E-state index contributed by atoms with van der Waals surface area (Å²) in [5.41, 5.74) is 0.518. The van der Waals surface area contributed by atoms with Crippen LogP contribution >= 0.6 is 0 Å². The van der Waals surface area contributed by atoms with Gasteiger partial charge in [0, 0.05) is 11.2 Å². The van der Waals surface area contributed by atoms with Crippen molar-refractivity contribution in [2.75, 3.05) is 7.11 Å². The fraction of sp³-hybridized carbons (Fsp3) is 0.647. The smallest absolute Gasteiger partial charge is 0.558 e. The van der Waals surface area contributed by atoms with Crippen LogP contribution in [0.3, 0.4) is 0 Å². The zero-order valence-electron chi connectivity index (χ0n) is 15.2. The molecule has 0 saturated carbocycles. The Morgan fingerprint density at radius 1 is 1.00 bits per heavy atom. The van der Waals surface area contributed by atoms with Crippen molar-refractivity contribution >= 4 is 12.0 Å². The number of benzene rings is 1. The topological polar surface area (TPSA) is 27.7 Å². The molecular weight excluding hydrogens is 270 g/mol. The standard InChI is InChI=1S/C17H28BO3.Li/c1-7-8-13-18(14-9-11-15(19-6)12-10-14)20-16(2,3)17(4,5)21-18;/h9-12H,7-8,13H2,1-6H3;/q-1;+1. The monoisotopic (exact) mass is 298 g/mol. The molecule has 0 unspecified atom stereocenters. The van der Waals surface area contributed by atoms with Crippen LogP contribution in [0.15, 0.2) is 24.3 Å². The molecule has 0 atom stereocenters. The first-order chi connectivity index (χ1) is 9.76. The van der Waals surface area contributed by atoms with Gasteiger partial charge in [-0.15, -0.1) is 6.32 Å². The van der Waals surface area contributed by atoms with Gasteiger partial charge in [0.2, 0.25) is 0 Å². The van der Waals surface area contributed by atoms with Gasteiger partial charge in [-0.25, -0.2) is 0 Å². The summed E-state index contributed by atoms with van der Waals surface area (Å²) < 4.78 is 18.3. The maximum Gasteiger partial charge on any atom is 1.00 e. The molecule has 1 heterocycles. The Labute approximate surface area is 147 Å². The summed E-state index contributed by atoms with van der Waals surface area (Å²) in [4.78, 5) is 0. The second-order valence-corrected chi connectivity index (χ2v) is 7.04. The molecule has 0 radical (unpaired) electrons. The molecule has 0 aromatic heterocycles. The molecular formula is C17H28BLiO3. The third-order valence-corrected chi connectivity index (χ3v) is 4.98. The van der Waals surface area contributed by atoms with Crippen LogP contribution in [0.2, 0.25) is 6.32 Å². The Morgan fingerprint density at radius 3 is 1.91 bits per heavy atom. The van der Waals surface area contributed by atoms with Crippen molar-refractivity contribution in [3.05, 3.63) is 24.3 Å². The summed E-state index contributed by atoms with van der Waals surface area (Å²) in [5, 5.41) is 0. The van der Waals surface area contributed by atoms with Gasteiger partial charge >= 0.3 is 18.9 Å². The summed E-state index contributed by atoms with van der Waals surface area (Å²) in [6, 6.07) is 8.11. The van der Waals surface area contributed by atoms with Crippen LogP contribution in [-0.2, 0) is 9.31 Å². The molecule has 1 aromatic rings. The van der Waals surface area contributed by atoms with E-state index in [4.69, 9.17) is 14.0 Å². The van der Waals surface area contributed by atoms with E-state index in [1.54, 1.807) is 7.11 Å². The van der Waals surface area contributed by atoms with E-state index >= 15 is 0 Å². The minimum atomic E-state index is -1.44. The molecule has 3 nitrogen and oxygen atoms in total. The van der Waals surface area contributed by atoms with E-state index in [1.165, 1.54) is 0 Å². The van der Waals surface area contributed by atoms with Crippen molar-refractivity contribution in [1.82, 2.24) is 0 Å². The van der Waals surface area contributed by atoms with Crippen LogP contribution < -0.4 is 29.1 Å². The average Bonchev–Trinajstić information content (AvgIpc) is 2.63. The number of methoxy groups -OCH3 is 1. The van der Waals surface area contributed by atoms with Gasteiger partial charge in [0.05, 0.1) is 7.11 Å². The largest absolute Gasteiger partial charge is 1.00 e. The van der Waals surface area contributed by atoms with E-state index < -0.39 is 6.55 Å². The number of ether oxygens (including phenoxy) is 1. The Kier molecular flexibility index (Phi) is 6.26. The van der Waals surface area contributed by atoms with Crippen LogP contribution in [0.4, 0.5) is 0 Å². The molecule has 1 aliphatic rings. The maximum atomic E-state index is 6.51. The summed E-state index contributed by atoms with van der Waals surface area (Å²) >= 11 is 0. The molecule has 0 N–H and O–H groups in total. The van der Waals surface area contributed by atoms with Gasteiger partial charge in [-0.05, 0) is 39.8 Å². The summed E-state index contributed by atoms with van der Waals surface area (Å²) in [7, 11) is 1.68. The predicted octanol–water partition coefficient (Wildman–Crippen LogP) is 0.753. The SMILES string of the molecule is CCCC[B-]1(c2ccc(OC)cc2)OC(C)(C)C(C)(C)O1.[Li+]. The van der Waals surface area contributed by atoms with Gasteiger partial charge in [-0.3, -0.25) is 0 Å². The zero-order chi connectivity index (χ0) is 15.7. The van der Waals surface area contributed by atoms with Crippen LogP contribution in [0.25, 0.3) is 0 Å². The first-order valence-corrected chi connectivity index (χ1v) is 7.97. The van der Waals surface area contributed by atoms with Crippen molar-refractivity contribution in [3.8, 4) is 5.75 Å². The third-order valence-electron chi connectivity index (χ3n) is 4.98. The molecule has 0 bridgehead atoms. The molecule has 118 valence electrons. The van der Waals surface area contributed by atoms with E-state index in [9.17, 15) is 0 Å². The zero-order valence-corrected chi connectivity index (χ0v) is 15.2. The number of hydrogen-bond donors (Lipinski definition) is 0. The van der Waals surface area contributed by atoms with E-state index in [2.05, 4.69) is 46.8 Å². The molecule has 1 fully saturated rings. The summed E-state index contributed by atoms with van der Waals surface area (Å²) in [5.74, 6) is 0.858. The fourth-order valence-corrected chi connectivity index (χ4v) is 3.05. The Balaban J connectivity index is 0.00000242. The quantitative estimate of drug-likeness (QED) is 0.751. The second kappa shape index (κ2) is 7.01. The van der Waals surface area contributed by atoms with Crippen molar-refractivity contribution < 1.29 is 32.9 Å².